The molecule has 0 heterocycles. The molecule has 0 fully saturated rings. The van der Waals surface area contributed by atoms with Gasteiger partial charge in [-0.25, -0.2) is 0 Å². The fourth-order valence-corrected chi connectivity index (χ4v) is 1.58. The molecule has 1 aromatic rings. The highest BCUT2D eigenvalue weighted by molar-refractivity contribution is 6.32. The fourth-order valence-electron chi connectivity index (χ4n) is 1.34. The summed E-state index contributed by atoms with van der Waals surface area (Å²) in [6, 6.07) is 4.96. The molecule has 3 N–H and O–H groups in total. The zero-order valence-electron chi connectivity index (χ0n) is 11.3. The van der Waals surface area contributed by atoms with Crippen molar-refractivity contribution in [3.05, 3.63) is 28.8 Å². The maximum atomic E-state index is 8.58. The van der Waals surface area contributed by atoms with E-state index in [1.54, 1.807) is 25.3 Å². The number of hydrogen-bond acceptors (Lipinski definition) is 4. The van der Waals surface area contributed by atoms with Crippen LogP contribution in [-0.4, -0.2) is 30.4 Å². The molecular weight excluding hydrogens is 268 g/mol. The second kappa shape index (κ2) is 6.63. The van der Waals surface area contributed by atoms with Gasteiger partial charge in [0.25, 0.3) is 0 Å². The molecule has 0 amide bonds. The van der Waals surface area contributed by atoms with E-state index in [2.05, 4.69) is 5.16 Å². The minimum Gasteiger partial charge on any atom is -0.492 e. The number of halogens is 1. The summed E-state index contributed by atoms with van der Waals surface area (Å²) in [5.74, 6) is 0.567. The normalized spacial score (nSPS) is 12.5. The van der Waals surface area contributed by atoms with E-state index in [0.29, 0.717) is 22.9 Å². The first kappa shape index (κ1) is 15.6. The van der Waals surface area contributed by atoms with Crippen molar-refractivity contribution in [1.82, 2.24) is 0 Å². The highest BCUT2D eigenvalue weighted by Crippen LogP contribution is 2.26. The lowest BCUT2D eigenvalue weighted by Gasteiger charge is -2.22. The molecule has 0 bridgehead atoms. The van der Waals surface area contributed by atoms with Crippen molar-refractivity contribution >= 4 is 17.4 Å². The molecule has 0 unspecified atom stereocenters. The van der Waals surface area contributed by atoms with E-state index in [9.17, 15) is 0 Å². The zero-order valence-corrected chi connectivity index (χ0v) is 12.1. The van der Waals surface area contributed by atoms with Crippen LogP contribution < -0.4 is 10.5 Å². The van der Waals surface area contributed by atoms with E-state index >= 15 is 0 Å². The van der Waals surface area contributed by atoms with Crippen LogP contribution in [0.3, 0.4) is 0 Å². The minimum absolute atomic E-state index is 0.00830. The Kier molecular flexibility index (Phi) is 5.44. The summed E-state index contributed by atoms with van der Waals surface area (Å²) in [4.78, 5) is 0. The van der Waals surface area contributed by atoms with Gasteiger partial charge in [0, 0.05) is 19.1 Å². The lowest BCUT2D eigenvalue weighted by Crippen LogP contribution is -2.25. The number of nitrogens with two attached hydrogens (primary N) is 1. The third-order valence-corrected chi connectivity index (χ3v) is 3.15. The maximum Gasteiger partial charge on any atom is 0.170 e. The van der Waals surface area contributed by atoms with Gasteiger partial charge in [-0.2, -0.15) is 0 Å². The van der Waals surface area contributed by atoms with Crippen molar-refractivity contribution in [2.24, 2.45) is 10.9 Å². The summed E-state index contributed by atoms with van der Waals surface area (Å²) < 4.78 is 10.9. The van der Waals surface area contributed by atoms with E-state index in [4.69, 9.17) is 32.0 Å². The van der Waals surface area contributed by atoms with Gasteiger partial charge in [0.15, 0.2) is 5.84 Å². The van der Waals surface area contributed by atoms with E-state index in [1.807, 2.05) is 13.8 Å². The lowest BCUT2D eigenvalue weighted by atomic mass is 10.1. The number of nitrogens with zero attached hydrogens (tertiary/aromatic N) is 1. The van der Waals surface area contributed by atoms with Crippen LogP contribution >= 0.6 is 11.6 Å². The van der Waals surface area contributed by atoms with Crippen LogP contribution in [0.1, 0.15) is 25.8 Å². The van der Waals surface area contributed by atoms with Crippen molar-refractivity contribution in [3.63, 3.8) is 0 Å². The molecule has 1 aromatic carbocycles. The topological polar surface area (TPSA) is 77.1 Å². The molecule has 6 heteroatoms. The van der Waals surface area contributed by atoms with Gasteiger partial charge in [-0.1, -0.05) is 16.8 Å². The van der Waals surface area contributed by atoms with Gasteiger partial charge in [0.1, 0.15) is 5.75 Å². The standard InChI is InChI=1S/C13H19ClN2O3/c1-13(2,18-3)6-7-19-11-5-4-9(8-10(11)14)12(15)16-17/h4-5,8,17H,6-7H2,1-3H3,(H2,15,16). The number of ether oxygens (including phenoxy) is 2. The maximum absolute atomic E-state index is 8.58. The second-order valence-electron chi connectivity index (χ2n) is 4.69. The predicted octanol–water partition coefficient (Wildman–Crippen LogP) is 2.63. The van der Waals surface area contributed by atoms with E-state index in [-0.39, 0.29) is 11.4 Å². The summed E-state index contributed by atoms with van der Waals surface area (Å²) in [7, 11) is 1.67. The summed E-state index contributed by atoms with van der Waals surface area (Å²) in [5.41, 5.74) is 5.78. The first-order valence-corrected chi connectivity index (χ1v) is 6.23. The van der Waals surface area contributed by atoms with E-state index in [1.165, 1.54) is 0 Å². The number of oxime groups is 1. The molecule has 19 heavy (non-hydrogen) atoms. The third-order valence-electron chi connectivity index (χ3n) is 2.85. The molecule has 0 aliphatic heterocycles. The van der Waals surface area contributed by atoms with Crippen LogP contribution in [-0.2, 0) is 4.74 Å². The number of amidine groups is 1. The van der Waals surface area contributed by atoms with Crippen molar-refractivity contribution in [2.75, 3.05) is 13.7 Å². The van der Waals surface area contributed by atoms with E-state index in [0.717, 1.165) is 6.42 Å². The Hall–Kier alpha value is -1.46. The van der Waals surface area contributed by atoms with Gasteiger partial charge >= 0.3 is 0 Å². The van der Waals surface area contributed by atoms with Gasteiger partial charge in [-0.05, 0) is 32.0 Å². The largest absolute Gasteiger partial charge is 0.492 e. The third kappa shape index (κ3) is 4.61. The molecule has 0 aliphatic carbocycles. The monoisotopic (exact) mass is 286 g/mol. The first-order valence-electron chi connectivity index (χ1n) is 5.85. The molecule has 106 valence electrons. The van der Waals surface area contributed by atoms with Crippen LogP contribution in [0.4, 0.5) is 0 Å². The summed E-state index contributed by atoms with van der Waals surface area (Å²) in [6.45, 7) is 4.46. The molecule has 0 saturated heterocycles. The Labute approximate surface area is 117 Å². The van der Waals surface area contributed by atoms with Gasteiger partial charge in [0.2, 0.25) is 0 Å². The average molecular weight is 287 g/mol. The molecule has 0 atom stereocenters. The highest BCUT2D eigenvalue weighted by atomic mass is 35.5. The van der Waals surface area contributed by atoms with Crippen LogP contribution in [0, 0.1) is 0 Å². The average Bonchev–Trinajstić information content (AvgIpc) is 2.39. The second-order valence-corrected chi connectivity index (χ2v) is 5.10. The van der Waals surface area contributed by atoms with Crippen LogP contribution in [0.5, 0.6) is 5.75 Å². The zero-order chi connectivity index (χ0) is 14.5. The van der Waals surface area contributed by atoms with Crippen LogP contribution in [0.15, 0.2) is 23.4 Å². The molecule has 0 spiro atoms. The Bertz CT molecular complexity index is 461. The molecule has 0 radical (unpaired) electrons. The van der Waals surface area contributed by atoms with Gasteiger partial charge in [-0.15, -0.1) is 0 Å². The number of benzene rings is 1. The Morgan fingerprint density at radius 3 is 2.68 bits per heavy atom. The van der Waals surface area contributed by atoms with Gasteiger partial charge in [0.05, 0.1) is 17.2 Å². The molecule has 5 nitrogen and oxygen atoms in total. The molecule has 0 aromatic heterocycles. The van der Waals surface area contributed by atoms with Crippen molar-refractivity contribution < 1.29 is 14.7 Å². The SMILES string of the molecule is COC(C)(C)CCOc1ccc(/C(N)=N/O)cc1Cl. The minimum atomic E-state index is -0.236. The fraction of sp³-hybridized carbons (Fsp3) is 0.462. The number of rotatable bonds is 6. The van der Waals surface area contributed by atoms with Crippen LogP contribution in [0.25, 0.3) is 0 Å². The molecule has 1 rings (SSSR count). The Morgan fingerprint density at radius 2 is 2.16 bits per heavy atom. The lowest BCUT2D eigenvalue weighted by molar-refractivity contribution is 0.00546. The quantitative estimate of drug-likeness (QED) is 0.365. The molecule has 0 aliphatic rings. The Balaban J connectivity index is 2.66. The van der Waals surface area contributed by atoms with Crippen molar-refractivity contribution in [2.45, 2.75) is 25.9 Å². The smallest absolute Gasteiger partial charge is 0.170 e. The molecule has 0 saturated carbocycles. The first-order chi connectivity index (χ1) is 8.89. The van der Waals surface area contributed by atoms with Crippen LogP contribution in [0.2, 0.25) is 5.02 Å². The van der Waals surface area contributed by atoms with E-state index < -0.39 is 0 Å². The van der Waals surface area contributed by atoms with Crippen molar-refractivity contribution in [3.8, 4) is 5.75 Å². The summed E-state index contributed by atoms with van der Waals surface area (Å²) >= 11 is 6.07. The van der Waals surface area contributed by atoms with Gasteiger partial charge < -0.3 is 20.4 Å². The Morgan fingerprint density at radius 1 is 1.47 bits per heavy atom. The predicted molar refractivity (Wildman–Crippen MR) is 75.2 cm³/mol. The van der Waals surface area contributed by atoms with Crippen molar-refractivity contribution in [1.29, 1.82) is 0 Å². The number of hydrogen-bond donors (Lipinski definition) is 2. The summed E-state index contributed by atoms with van der Waals surface area (Å²) in [5, 5.41) is 11.9. The summed E-state index contributed by atoms with van der Waals surface area (Å²) in [6.07, 6.45) is 0.738. The van der Waals surface area contributed by atoms with Gasteiger partial charge in [-0.3, -0.25) is 0 Å². The molecular formula is C13H19ClN2O3. The highest BCUT2D eigenvalue weighted by Gasteiger charge is 2.16. The number of methoxy groups -OCH3 is 1.